The molecule has 0 heterocycles. The Labute approximate surface area is 140 Å². The molecule has 0 aliphatic rings. The minimum atomic E-state index is 0.166. The number of rotatable bonds is 7. The average Bonchev–Trinajstić information content (AvgIpc) is 2.55. The van der Waals surface area contributed by atoms with Gasteiger partial charge in [-0.1, -0.05) is 75.4 Å². The zero-order chi connectivity index (χ0) is 16.7. The monoisotopic (exact) mass is 308 g/mol. The van der Waals surface area contributed by atoms with Gasteiger partial charge < -0.3 is 5.73 Å². The minimum Gasteiger partial charge on any atom is -0.387 e. The van der Waals surface area contributed by atoms with Gasteiger partial charge >= 0.3 is 0 Å². The molecule has 2 nitrogen and oxygen atoms in total. The first-order chi connectivity index (χ1) is 11.1. The summed E-state index contributed by atoms with van der Waals surface area (Å²) < 4.78 is 0. The van der Waals surface area contributed by atoms with E-state index in [-0.39, 0.29) is 5.92 Å². The van der Waals surface area contributed by atoms with Gasteiger partial charge in [-0.3, -0.25) is 4.99 Å². The van der Waals surface area contributed by atoms with Crippen LogP contribution in [0.4, 0.5) is 0 Å². The maximum absolute atomic E-state index is 6.18. The Bertz CT molecular complexity index is 612. The fraction of sp³-hybridized carbons (Fsp3) is 0.381. The highest BCUT2D eigenvalue weighted by atomic mass is 14.9. The largest absolute Gasteiger partial charge is 0.387 e. The molecule has 0 radical (unpaired) electrons. The first-order valence-corrected chi connectivity index (χ1v) is 8.49. The molecule has 0 bridgehead atoms. The number of nitrogens with two attached hydrogens (primary N) is 1. The lowest BCUT2D eigenvalue weighted by atomic mass is 9.96. The molecule has 1 atom stereocenters. The van der Waals surface area contributed by atoms with Crippen molar-refractivity contribution in [2.45, 2.75) is 39.5 Å². The topological polar surface area (TPSA) is 38.4 Å². The molecule has 0 aliphatic heterocycles. The summed E-state index contributed by atoms with van der Waals surface area (Å²) in [6.45, 7) is 7.35. The van der Waals surface area contributed by atoms with Crippen molar-refractivity contribution in [3.63, 3.8) is 0 Å². The summed E-state index contributed by atoms with van der Waals surface area (Å²) in [5.74, 6) is 1.57. The van der Waals surface area contributed by atoms with Crippen LogP contribution in [0.15, 0.2) is 59.6 Å². The molecule has 0 aromatic heterocycles. The summed E-state index contributed by atoms with van der Waals surface area (Å²) in [5.41, 5.74) is 10.1. The molecule has 2 N–H and O–H groups in total. The van der Waals surface area contributed by atoms with E-state index in [0.29, 0.717) is 5.92 Å². The average molecular weight is 308 g/mol. The van der Waals surface area contributed by atoms with Crippen molar-refractivity contribution in [2.24, 2.45) is 16.6 Å². The molecule has 2 heteroatoms. The van der Waals surface area contributed by atoms with E-state index in [1.54, 1.807) is 0 Å². The Morgan fingerprint density at radius 1 is 0.913 bits per heavy atom. The Morgan fingerprint density at radius 2 is 1.57 bits per heavy atom. The lowest BCUT2D eigenvalue weighted by molar-refractivity contribution is 0.647. The van der Waals surface area contributed by atoms with Gasteiger partial charge in [-0.15, -0.1) is 0 Å². The smallest absolute Gasteiger partial charge is 0.101 e. The lowest BCUT2D eigenvalue weighted by Crippen LogP contribution is -2.20. The summed E-state index contributed by atoms with van der Waals surface area (Å²) in [5, 5.41) is 0. The predicted molar refractivity (Wildman–Crippen MR) is 100 cm³/mol. The molecule has 23 heavy (non-hydrogen) atoms. The van der Waals surface area contributed by atoms with Crippen LogP contribution in [0.1, 0.15) is 43.4 Å². The van der Waals surface area contributed by atoms with E-state index in [2.05, 4.69) is 74.3 Å². The zero-order valence-corrected chi connectivity index (χ0v) is 14.5. The van der Waals surface area contributed by atoms with Crippen molar-refractivity contribution in [2.75, 3.05) is 6.54 Å². The van der Waals surface area contributed by atoms with Crippen LogP contribution in [0.5, 0.6) is 0 Å². The fourth-order valence-corrected chi connectivity index (χ4v) is 2.68. The van der Waals surface area contributed by atoms with Crippen LogP contribution in [0.2, 0.25) is 0 Å². The molecule has 122 valence electrons. The second-order valence-corrected chi connectivity index (χ2v) is 6.60. The molecule has 0 unspecified atom stereocenters. The van der Waals surface area contributed by atoms with Gasteiger partial charge in [0.05, 0.1) is 0 Å². The van der Waals surface area contributed by atoms with E-state index in [1.165, 1.54) is 16.7 Å². The van der Waals surface area contributed by atoms with E-state index in [9.17, 15) is 0 Å². The van der Waals surface area contributed by atoms with Crippen LogP contribution in [-0.2, 0) is 12.8 Å². The number of aliphatic imine (C=N–C) groups is 1. The number of amidine groups is 1. The van der Waals surface area contributed by atoms with E-state index in [0.717, 1.165) is 25.2 Å². The number of benzene rings is 2. The molecule has 0 saturated carbocycles. The first-order valence-electron chi connectivity index (χ1n) is 8.49. The molecule has 0 fully saturated rings. The van der Waals surface area contributed by atoms with Gasteiger partial charge in [0.1, 0.15) is 5.84 Å². The highest BCUT2D eigenvalue weighted by Gasteiger charge is 2.10. The van der Waals surface area contributed by atoms with Crippen molar-refractivity contribution in [1.82, 2.24) is 0 Å². The van der Waals surface area contributed by atoms with Crippen molar-refractivity contribution in [1.29, 1.82) is 0 Å². The van der Waals surface area contributed by atoms with Gasteiger partial charge in [0.15, 0.2) is 0 Å². The van der Waals surface area contributed by atoms with Crippen molar-refractivity contribution >= 4 is 5.84 Å². The molecule has 2 aromatic rings. The Hall–Kier alpha value is -2.09. The zero-order valence-electron chi connectivity index (χ0n) is 14.5. The summed E-state index contributed by atoms with van der Waals surface area (Å²) in [7, 11) is 0. The quantitative estimate of drug-likeness (QED) is 0.589. The Kier molecular flexibility index (Phi) is 6.40. The van der Waals surface area contributed by atoms with E-state index < -0.39 is 0 Å². The standard InChI is InChI=1S/C21H28N2/c1-16(2)15-19-9-11-20(12-10-19)17(3)21(22)23-14-13-18-7-5-4-6-8-18/h4-12,16-17H,13-15H2,1-3H3,(H2,22,23)/t17-/m1/s1. The van der Waals surface area contributed by atoms with Crippen molar-refractivity contribution in [3.05, 3.63) is 71.3 Å². The molecule has 0 saturated heterocycles. The molecular formula is C21H28N2. The van der Waals surface area contributed by atoms with Gasteiger partial charge in [0, 0.05) is 12.5 Å². The highest BCUT2D eigenvalue weighted by Crippen LogP contribution is 2.18. The Balaban J connectivity index is 1.93. The SMILES string of the molecule is CC(C)Cc1ccc([C@@H](C)C(N)=NCCc2ccccc2)cc1. The van der Waals surface area contributed by atoms with Crippen LogP contribution >= 0.6 is 0 Å². The number of nitrogens with zero attached hydrogens (tertiary/aromatic N) is 1. The molecular weight excluding hydrogens is 280 g/mol. The van der Waals surface area contributed by atoms with Crippen molar-refractivity contribution in [3.8, 4) is 0 Å². The highest BCUT2D eigenvalue weighted by molar-refractivity contribution is 5.87. The molecule has 2 aromatic carbocycles. The fourth-order valence-electron chi connectivity index (χ4n) is 2.68. The summed E-state index contributed by atoms with van der Waals surface area (Å²) in [4.78, 5) is 4.56. The van der Waals surface area contributed by atoms with Gasteiger partial charge in [-0.25, -0.2) is 0 Å². The molecule has 2 rings (SSSR count). The van der Waals surface area contributed by atoms with Gasteiger partial charge in [-0.05, 0) is 35.4 Å². The second-order valence-electron chi connectivity index (χ2n) is 6.60. The summed E-state index contributed by atoms with van der Waals surface area (Å²) >= 11 is 0. The predicted octanol–water partition coefficient (Wildman–Crippen LogP) is 4.59. The van der Waals surface area contributed by atoms with Crippen LogP contribution < -0.4 is 5.73 Å². The van der Waals surface area contributed by atoms with Crippen LogP contribution in [0, 0.1) is 5.92 Å². The van der Waals surface area contributed by atoms with E-state index in [4.69, 9.17) is 5.73 Å². The second kappa shape index (κ2) is 8.52. The third-order valence-corrected chi connectivity index (χ3v) is 4.10. The Morgan fingerprint density at radius 3 is 2.17 bits per heavy atom. The van der Waals surface area contributed by atoms with Crippen molar-refractivity contribution < 1.29 is 0 Å². The maximum atomic E-state index is 6.18. The molecule has 0 aliphatic carbocycles. The molecule has 0 spiro atoms. The summed E-state index contributed by atoms with van der Waals surface area (Å²) in [6.07, 6.45) is 2.05. The van der Waals surface area contributed by atoms with Crippen LogP contribution in [0.25, 0.3) is 0 Å². The minimum absolute atomic E-state index is 0.166. The first kappa shape index (κ1) is 17.3. The van der Waals surface area contributed by atoms with Crippen LogP contribution in [0.3, 0.4) is 0 Å². The van der Waals surface area contributed by atoms with E-state index in [1.807, 2.05) is 6.07 Å². The maximum Gasteiger partial charge on any atom is 0.101 e. The third kappa shape index (κ3) is 5.55. The number of hydrogen-bond donors (Lipinski definition) is 1. The summed E-state index contributed by atoms with van der Waals surface area (Å²) in [6, 6.07) is 19.2. The normalized spacial score (nSPS) is 13.3. The van der Waals surface area contributed by atoms with Gasteiger partial charge in [-0.2, -0.15) is 0 Å². The third-order valence-electron chi connectivity index (χ3n) is 4.10. The van der Waals surface area contributed by atoms with E-state index >= 15 is 0 Å². The molecule has 0 amide bonds. The lowest BCUT2D eigenvalue weighted by Gasteiger charge is -2.13. The van der Waals surface area contributed by atoms with Crippen LogP contribution in [-0.4, -0.2) is 12.4 Å². The van der Waals surface area contributed by atoms with Gasteiger partial charge in [0.25, 0.3) is 0 Å². The van der Waals surface area contributed by atoms with Gasteiger partial charge in [0.2, 0.25) is 0 Å². The number of hydrogen-bond acceptors (Lipinski definition) is 1.